The molecule has 20 heavy (non-hydrogen) atoms. The van der Waals surface area contributed by atoms with Gasteiger partial charge in [0.1, 0.15) is 0 Å². The highest BCUT2D eigenvalue weighted by Gasteiger charge is 2.20. The fraction of sp³-hybridized carbons (Fsp3) is 0.643. The SMILES string of the molecule is CCC1CCC(CNc2nc(NN)c(F)cc2F)CC1. The van der Waals surface area contributed by atoms with E-state index in [0.29, 0.717) is 12.5 Å². The predicted octanol–water partition coefficient (Wildman–Crippen LogP) is 3.27. The third-order valence-corrected chi connectivity index (χ3v) is 4.17. The maximum absolute atomic E-state index is 13.6. The van der Waals surface area contributed by atoms with Gasteiger partial charge in [0.05, 0.1) is 0 Å². The Morgan fingerprint density at radius 2 is 1.75 bits per heavy atom. The zero-order valence-electron chi connectivity index (χ0n) is 11.8. The maximum Gasteiger partial charge on any atom is 0.178 e. The number of halogens is 2. The Balaban J connectivity index is 1.91. The average Bonchev–Trinajstić information content (AvgIpc) is 2.47. The van der Waals surface area contributed by atoms with E-state index in [0.717, 1.165) is 24.8 Å². The smallest absolute Gasteiger partial charge is 0.178 e. The van der Waals surface area contributed by atoms with Crippen molar-refractivity contribution in [3.63, 3.8) is 0 Å². The monoisotopic (exact) mass is 284 g/mol. The van der Waals surface area contributed by atoms with Gasteiger partial charge in [0.2, 0.25) is 0 Å². The summed E-state index contributed by atoms with van der Waals surface area (Å²) in [5.74, 6) is 4.92. The third kappa shape index (κ3) is 3.56. The predicted molar refractivity (Wildman–Crippen MR) is 76.2 cm³/mol. The molecule has 6 heteroatoms. The largest absolute Gasteiger partial charge is 0.367 e. The summed E-state index contributed by atoms with van der Waals surface area (Å²) in [5, 5.41) is 2.97. The van der Waals surface area contributed by atoms with Crippen LogP contribution < -0.4 is 16.6 Å². The number of anilines is 2. The van der Waals surface area contributed by atoms with E-state index in [9.17, 15) is 8.78 Å². The Bertz CT molecular complexity index is 445. The van der Waals surface area contributed by atoms with Crippen molar-refractivity contribution < 1.29 is 8.78 Å². The summed E-state index contributed by atoms with van der Waals surface area (Å²) in [4.78, 5) is 3.81. The number of nitrogen functional groups attached to an aromatic ring is 1. The van der Waals surface area contributed by atoms with Crippen LogP contribution in [0.2, 0.25) is 0 Å². The molecule has 0 radical (unpaired) electrons. The molecule has 0 aliphatic heterocycles. The molecule has 0 spiro atoms. The zero-order valence-corrected chi connectivity index (χ0v) is 11.8. The number of hydrazine groups is 1. The van der Waals surface area contributed by atoms with Crippen LogP contribution in [0, 0.1) is 23.5 Å². The second-order valence-corrected chi connectivity index (χ2v) is 5.47. The van der Waals surface area contributed by atoms with Crippen molar-refractivity contribution in [2.75, 3.05) is 17.3 Å². The molecule has 0 bridgehead atoms. The van der Waals surface area contributed by atoms with Crippen molar-refractivity contribution in [1.29, 1.82) is 0 Å². The van der Waals surface area contributed by atoms with Gasteiger partial charge in [-0.1, -0.05) is 26.2 Å². The number of nitrogens with one attached hydrogen (secondary N) is 2. The Hall–Kier alpha value is -1.43. The number of hydrogen-bond donors (Lipinski definition) is 3. The molecule has 0 atom stereocenters. The van der Waals surface area contributed by atoms with Crippen LogP contribution in [0.4, 0.5) is 20.4 Å². The minimum Gasteiger partial charge on any atom is -0.367 e. The van der Waals surface area contributed by atoms with Gasteiger partial charge in [-0.2, -0.15) is 0 Å². The first kappa shape index (κ1) is 15.0. The highest BCUT2D eigenvalue weighted by atomic mass is 19.1. The topological polar surface area (TPSA) is 63.0 Å². The van der Waals surface area contributed by atoms with Gasteiger partial charge >= 0.3 is 0 Å². The van der Waals surface area contributed by atoms with Crippen molar-refractivity contribution in [1.82, 2.24) is 4.98 Å². The number of nitrogens with zero attached hydrogens (tertiary/aromatic N) is 1. The molecule has 2 rings (SSSR count). The lowest BCUT2D eigenvalue weighted by atomic mass is 9.81. The van der Waals surface area contributed by atoms with Crippen LogP contribution in [0.1, 0.15) is 39.0 Å². The number of hydrogen-bond acceptors (Lipinski definition) is 4. The van der Waals surface area contributed by atoms with E-state index >= 15 is 0 Å². The molecule has 0 unspecified atom stereocenters. The molecule has 1 aliphatic rings. The van der Waals surface area contributed by atoms with Crippen molar-refractivity contribution in [2.24, 2.45) is 17.7 Å². The van der Waals surface area contributed by atoms with Crippen molar-refractivity contribution in [2.45, 2.75) is 39.0 Å². The number of rotatable bonds is 5. The molecule has 0 amide bonds. The molecule has 1 fully saturated rings. The zero-order chi connectivity index (χ0) is 14.5. The molecule has 1 aromatic heterocycles. The standard InChI is InChI=1S/C14H22F2N4/c1-2-9-3-5-10(6-4-9)8-18-13-11(15)7-12(16)14(19-13)20-17/h7,9-10H,2-6,8,17H2,1H3,(H2,18,19,20). The van der Waals surface area contributed by atoms with Gasteiger partial charge in [-0.3, -0.25) is 0 Å². The van der Waals surface area contributed by atoms with E-state index in [-0.39, 0.29) is 11.6 Å². The van der Waals surface area contributed by atoms with Crippen LogP contribution in [0.3, 0.4) is 0 Å². The van der Waals surface area contributed by atoms with Crippen LogP contribution in [-0.2, 0) is 0 Å². The van der Waals surface area contributed by atoms with Gasteiger partial charge in [0.25, 0.3) is 0 Å². The first-order valence-corrected chi connectivity index (χ1v) is 7.20. The molecule has 1 aliphatic carbocycles. The van der Waals surface area contributed by atoms with Crippen molar-refractivity contribution in [3.05, 3.63) is 17.7 Å². The van der Waals surface area contributed by atoms with Crippen LogP contribution in [0.25, 0.3) is 0 Å². The van der Waals surface area contributed by atoms with Crippen LogP contribution >= 0.6 is 0 Å². The fourth-order valence-electron chi connectivity index (χ4n) is 2.78. The number of pyridine rings is 1. The highest BCUT2D eigenvalue weighted by Crippen LogP contribution is 2.30. The summed E-state index contributed by atoms with van der Waals surface area (Å²) in [6.45, 7) is 2.89. The van der Waals surface area contributed by atoms with E-state index < -0.39 is 11.6 Å². The number of nitrogens with two attached hydrogens (primary N) is 1. The first-order chi connectivity index (χ1) is 9.63. The van der Waals surface area contributed by atoms with Crippen LogP contribution in [0.15, 0.2) is 6.07 Å². The highest BCUT2D eigenvalue weighted by molar-refractivity contribution is 5.46. The minimum atomic E-state index is -0.793. The average molecular weight is 284 g/mol. The quantitative estimate of drug-likeness (QED) is 0.573. The molecular weight excluding hydrogens is 262 g/mol. The fourth-order valence-corrected chi connectivity index (χ4v) is 2.78. The lowest BCUT2D eigenvalue weighted by Gasteiger charge is -2.28. The van der Waals surface area contributed by atoms with Gasteiger partial charge < -0.3 is 10.7 Å². The van der Waals surface area contributed by atoms with Crippen LogP contribution in [0.5, 0.6) is 0 Å². The summed E-state index contributed by atoms with van der Waals surface area (Å²) in [7, 11) is 0. The first-order valence-electron chi connectivity index (χ1n) is 7.20. The summed E-state index contributed by atoms with van der Waals surface area (Å²) >= 11 is 0. The maximum atomic E-state index is 13.6. The summed E-state index contributed by atoms with van der Waals surface area (Å²) < 4.78 is 26.8. The van der Waals surface area contributed by atoms with Crippen LogP contribution in [-0.4, -0.2) is 11.5 Å². The Morgan fingerprint density at radius 1 is 1.15 bits per heavy atom. The molecule has 112 valence electrons. The molecule has 0 saturated heterocycles. The van der Waals surface area contributed by atoms with Crippen molar-refractivity contribution in [3.8, 4) is 0 Å². The third-order valence-electron chi connectivity index (χ3n) is 4.17. The van der Waals surface area contributed by atoms with E-state index in [4.69, 9.17) is 5.84 Å². The Kier molecular flexibility index (Phi) is 5.11. The molecule has 1 heterocycles. The molecule has 1 aromatic rings. The minimum absolute atomic E-state index is 0.0527. The van der Waals surface area contributed by atoms with E-state index in [2.05, 4.69) is 22.7 Å². The van der Waals surface area contributed by atoms with E-state index in [1.165, 1.54) is 19.3 Å². The van der Waals surface area contributed by atoms with E-state index in [1.54, 1.807) is 0 Å². The summed E-state index contributed by atoms with van der Waals surface area (Å²) in [6, 6.07) is 0.790. The van der Waals surface area contributed by atoms with Crippen molar-refractivity contribution >= 4 is 11.6 Å². The van der Waals surface area contributed by atoms with Gasteiger partial charge in [0, 0.05) is 12.6 Å². The Labute approximate surface area is 118 Å². The normalized spacial score (nSPS) is 22.6. The molecule has 0 aromatic carbocycles. The molecular formula is C14H22F2N4. The lowest BCUT2D eigenvalue weighted by molar-refractivity contribution is 0.278. The summed E-state index contributed by atoms with van der Waals surface area (Å²) in [6.07, 6.45) is 6.00. The van der Waals surface area contributed by atoms with Gasteiger partial charge in [-0.05, 0) is 24.7 Å². The van der Waals surface area contributed by atoms with Gasteiger partial charge in [-0.15, -0.1) is 0 Å². The molecule has 4 N–H and O–H groups in total. The molecule has 4 nitrogen and oxygen atoms in total. The molecule has 1 saturated carbocycles. The second kappa shape index (κ2) is 6.83. The van der Waals surface area contributed by atoms with Gasteiger partial charge in [-0.25, -0.2) is 19.6 Å². The second-order valence-electron chi connectivity index (χ2n) is 5.47. The Morgan fingerprint density at radius 3 is 2.35 bits per heavy atom. The van der Waals surface area contributed by atoms with Gasteiger partial charge in [0.15, 0.2) is 23.3 Å². The lowest BCUT2D eigenvalue weighted by Crippen LogP contribution is -2.22. The van der Waals surface area contributed by atoms with E-state index in [1.807, 2.05) is 0 Å². The number of aromatic nitrogens is 1. The summed E-state index contributed by atoms with van der Waals surface area (Å²) in [5.41, 5.74) is 2.12.